The fourth-order valence-corrected chi connectivity index (χ4v) is 8.28. The van der Waals surface area contributed by atoms with Crippen LogP contribution in [0.15, 0.2) is 54.7 Å². The highest BCUT2D eigenvalue weighted by Crippen LogP contribution is 2.40. The Morgan fingerprint density at radius 1 is 1.07 bits per heavy atom. The van der Waals surface area contributed by atoms with Crippen molar-refractivity contribution in [2.24, 2.45) is 5.92 Å². The fraction of sp³-hybridized carbons (Fsp3) is 0.452. The molecule has 3 aliphatic heterocycles. The lowest BCUT2D eigenvalue weighted by molar-refractivity contribution is -0.138. The average molecular weight is 818 g/mol. The van der Waals surface area contributed by atoms with E-state index >= 15 is 0 Å². The van der Waals surface area contributed by atoms with Gasteiger partial charge in [-0.3, -0.25) is 39.2 Å². The molecule has 12 nitrogen and oxygen atoms in total. The van der Waals surface area contributed by atoms with Crippen LogP contribution in [0.2, 0.25) is 0 Å². The molecule has 16 heteroatoms. The number of aromatic nitrogens is 1. The summed E-state index contributed by atoms with van der Waals surface area (Å²) in [7, 11) is 0. The van der Waals surface area contributed by atoms with Crippen molar-refractivity contribution >= 4 is 52.2 Å². The molecule has 1 unspecified atom stereocenters. The lowest BCUT2D eigenvalue weighted by atomic mass is 9.90. The molecule has 1 N–H and O–H groups in total. The molecule has 2 atom stereocenters. The van der Waals surface area contributed by atoms with Crippen molar-refractivity contribution in [3.8, 4) is 11.8 Å². The molecule has 0 radical (unpaired) electrons. The minimum absolute atomic E-state index is 0.0169. The number of imide groups is 1. The number of amides is 3. The smallest absolute Gasteiger partial charge is 0.419 e. The highest BCUT2D eigenvalue weighted by Gasteiger charge is 2.51. The molecule has 0 spiro atoms. The normalized spacial score (nSPS) is 19.6. The zero-order valence-corrected chi connectivity index (χ0v) is 33.7. The van der Waals surface area contributed by atoms with Crippen LogP contribution in [0.5, 0.6) is 5.75 Å². The molecule has 2 aromatic carbocycles. The van der Waals surface area contributed by atoms with Crippen LogP contribution in [0.25, 0.3) is 0 Å². The van der Waals surface area contributed by atoms with Crippen LogP contribution in [-0.2, 0) is 44.6 Å². The molecule has 6 rings (SSSR count). The number of anilines is 2. The maximum absolute atomic E-state index is 13.7. The van der Waals surface area contributed by atoms with Gasteiger partial charge in [-0.15, -0.1) is 0 Å². The van der Waals surface area contributed by atoms with Gasteiger partial charge in [0.25, 0.3) is 5.91 Å². The van der Waals surface area contributed by atoms with E-state index in [2.05, 4.69) is 20.1 Å². The number of ether oxygens (including phenoxy) is 1. The highest BCUT2D eigenvalue weighted by molar-refractivity contribution is 7.81. The third-order valence-electron chi connectivity index (χ3n) is 11.2. The summed E-state index contributed by atoms with van der Waals surface area (Å²) in [5.41, 5.74) is -0.152. The van der Waals surface area contributed by atoms with E-state index in [0.717, 1.165) is 60.0 Å². The van der Waals surface area contributed by atoms with Crippen molar-refractivity contribution in [1.82, 2.24) is 20.1 Å². The quantitative estimate of drug-likeness (QED) is 0.179. The Balaban J connectivity index is 1.01. The summed E-state index contributed by atoms with van der Waals surface area (Å²) >= 11 is 5.69. The number of hydrogen-bond acceptors (Lipinski definition) is 10. The Labute approximate surface area is 340 Å². The molecule has 1 aromatic heterocycles. The zero-order valence-electron chi connectivity index (χ0n) is 32.9. The van der Waals surface area contributed by atoms with Gasteiger partial charge in [-0.05, 0) is 93.2 Å². The number of Topliss-reactive ketones (excluding diaryl/α,β-unsaturated/α-hetero) is 1. The van der Waals surface area contributed by atoms with Crippen molar-refractivity contribution in [3.63, 3.8) is 0 Å². The van der Waals surface area contributed by atoms with Gasteiger partial charge in [0.05, 0.1) is 23.5 Å². The number of piperazine rings is 1. The van der Waals surface area contributed by atoms with Gasteiger partial charge in [0.2, 0.25) is 11.8 Å². The number of pyridine rings is 1. The van der Waals surface area contributed by atoms with Crippen molar-refractivity contribution in [2.45, 2.75) is 77.6 Å². The molecular weight excluding hydrogens is 772 g/mol. The number of halogens is 3. The number of ketones is 1. The van der Waals surface area contributed by atoms with Crippen molar-refractivity contribution < 1.29 is 37.1 Å². The lowest BCUT2D eigenvalue weighted by Crippen LogP contribution is -2.52. The van der Waals surface area contributed by atoms with E-state index in [1.807, 2.05) is 44.2 Å². The fourth-order valence-electron chi connectivity index (χ4n) is 7.76. The van der Waals surface area contributed by atoms with Crippen LogP contribution >= 0.6 is 12.2 Å². The number of aryl methyl sites for hydroxylation is 1. The Bertz CT molecular complexity index is 2150. The van der Waals surface area contributed by atoms with Gasteiger partial charge < -0.3 is 9.64 Å². The number of benzene rings is 2. The number of thiocarbonyl (C=S) groups is 1. The predicted octanol–water partition coefficient (Wildman–Crippen LogP) is 5.24. The monoisotopic (exact) mass is 817 g/mol. The van der Waals surface area contributed by atoms with Gasteiger partial charge >= 0.3 is 6.18 Å². The highest BCUT2D eigenvalue weighted by atomic mass is 32.1. The zero-order chi connectivity index (χ0) is 41.9. The summed E-state index contributed by atoms with van der Waals surface area (Å²) in [5.74, 6) is -0.467. The van der Waals surface area contributed by atoms with Crippen molar-refractivity contribution in [2.75, 3.05) is 49.1 Å². The molecular formula is C42H46F3N7O5S. The third-order valence-corrected chi connectivity index (χ3v) is 11.5. The van der Waals surface area contributed by atoms with Gasteiger partial charge in [0.15, 0.2) is 16.6 Å². The van der Waals surface area contributed by atoms with Crippen LogP contribution in [0.4, 0.5) is 24.5 Å². The van der Waals surface area contributed by atoms with Gasteiger partial charge in [-0.25, -0.2) is 4.98 Å². The number of hydrogen-bond donors (Lipinski definition) is 1. The number of alkyl halides is 3. The minimum atomic E-state index is -4.85. The summed E-state index contributed by atoms with van der Waals surface area (Å²) in [6.45, 7) is 11.3. The largest absolute Gasteiger partial charge is 0.492 e. The topological polar surface area (TPSA) is 139 Å². The maximum atomic E-state index is 13.7. The molecule has 3 amide bonds. The van der Waals surface area contributed by atoms with Gasteiger partial charge in [0.1, 0.15) is 24.0 Å². The molecule has 0 bridgehead atoms. The predicted molar refractivity (Wildman–Crippen MR) is 214 cm³/mol. The molecule has 4 heterocycles. The van der Waals surface area contributed by atoms with Crippen LogP contribution < -0.4 is 19.9 Å². The molecule has 3 saturated heterocycles. The Morgan fingerprint density at radius 3 is 2.47 bits per heavy atom. The van der Waals surface area contributed by atoms with Gasteiger partial charge in [-0.2, -0.15) is 18.4 Å². The molecule has 306 valence electrons. The average Bonchev–Trinajstić information content (AvgIpc) is 3.37. The number of piperidine rings is 1. The summed E-state index contributed by atoms with van der Waals surface area (Å²) in [6, 6.07) is 15.1. The number of nitrogens with one attached hydrogen (secondary N) is 1. The first kappa shape index (κ1) is 42.4. The van der Waals surface area contributed by atoms with E-state index in [1.54, 1.807) is 30.9 Å². The summed E-state index contributed by atoms with van der Waals surface area (Å²) in [4.78, 5) is 61.5. The number of rotatable bonds is 13. The Hall–Kier alpha value is -5.24. The molecule has 3 aliphatic rings. The molecule has 3 aromatic rings. The summed E-state index contributed by atoms with van der Waals surface area (Å²) < 4.78 is 47.4. The first-order chi connectivity index (χ1) is 27.5. The van der Waals surface area contributed by atoms with Crippen molar-refractivity contribution in [1.29, 1.82) is 5.26 Å². The van der Waals surface area contributed by atoms with Crippen LogP contribution in [0.1, 0.15) is 68.5 Å². The standard InChI is InChI=1S/C42H46F3N7O5S/c1-5-29-22-31(52-40(58)51(39(56)41(52,3)4)32-23-33(42(43,44)45)34(24-46)47-25-32)10-11-36(29)57-18-17-49-13-15-50(16-14-49)26(2)35(53)21-28-8-6-7-27(19-28)20-30-9-12-37(54)48-38(30)55/h6-8,10-11,19,22-23,25-26,30H,5,9,12-18,20-21H2,1-4H3,(H,48,54,55)/t26-,30?/m0/s1. The van der Waals surface area contributed by atoms with E-state index in [-0.39, 0.29) is 40.4 Å². The van der Waals surface area contributed by atoms with E-state index in [0.29, 0.717) is 56.7 Å². The maximum Gasteiger partial charge on any atom is 0.419 e. The van der Waals surface area contributed by atoms with Gasteiger partial charge in [-0.1, -0.05) is 31.2 Å². The second kappa shape index (κ2) is 17.3. The minimum Gasteiger partial charge on any atom is -0.492 e. The first-order valence-corrected chi connectivity index (χ1v) is 19.7. The van der Waals surface area contributed by atoms with Crippen LogP contribution in [-0.4, -0.2) is 94.3 Å². The van der Waals surface area contributed by atoms with Gasteiger partial charge in [0, 0.05) is 57.2 Å². The number of nitrogens with zero attached hydrogens (tertiary/aromatic N) is 6. The molecule has 0 aliphatic carbocycles. The third kappa shape index (κ3) is 9.06. The second-order valence-electron chi connectivity index (χ2n) is 15.4. The van der Waals surface area contributed by atoms with E-state index in [4.69, 9.17) is 17.0 Å². The van der Waals surface area contributed by atoms with E-state index in [1.165, 1.54) is 6.07 Å². The number of carbonyl (C=O) groups excluding carboxylic acids is 4. The van der Waals surface area contributed by atoms with E-state index in [9.17, 15) is 37.6 Å². The Morgan fingerprint density at radius 2 is 1.79 bits per heavy atom. The molecule has 0 saturated carbocycles. The lowest BCUT2D eigenvalue weighted by Gasteiger charge is -2.37. The first-order valence-electron chi connectivity index (χ1n) is 19.3. The number of nitriles is 1. The summed E-state index contributed by atoms with van der Waals surface area (Å²) in [5, 5.41) is 11.6. The van der Waals surface area contributed by atoms with Crippen LogP contribution in [0, 0.1) is 17.2 Å². The Kier molecular flexibility index (Phi) is 12.6. The SMILES string of the molecule is CCc1cc(N2C(=S)N(c3cnc(C#N)c(C(F)(F)F)c3)C(=O)C2(C)C)ccc1OCCN1CCN([C@@H](C)C(=O)Cc2cccc(CC3CCC(=O)NC3=O)c2)CC1. The molecule has 58 heavy (non-hydrogen) atoms. The van der Waals surface area contributed by atoms with Crippen molar-refractivity contribution in [3.05, 3.63) is 82.7 Å². The molecule has 3 fully saturated rings. The van der Waals surface area contributed by atoms with Crippen LogP contribution in [0.3, 0.4) is 0 Å². The second-order valence-corrected chi connectivity index (χ2v) is 15.7. The van der Waals surface area contributed by atoms with E-state index < -0.39 is 28.9 Å². The summed E-state index contributed by atoms with van der Waals surface area (Å²) in [6.07, 6.45) is -1.52. The number of carbonyl (C=O) groups is 4.